The first kappa shape index (κ1) is 29.3. The second kappa shape index (κ2) is 11.1. The number of para-hydroxylation sites is 2. The molecule has 0 atom stereocenters. The third-order valence-electron chi connectivity index (χ3n) is 10.7. The Bertz CT molecular complexity index is 2520. The molecule has 0 amide bonds. The zero-order valence-electron chi connectivity index (χ0n) is 28.2. The SMILES string of the molecule is C=CC=CC(=CC)N(c1ccc2c(c1)Cc1ccccc1-2)c1ccc2c(c1)C(C)(C)c1cc3c(cc1-2)c1ccccc1n3-c1ccccc1. The molecule has 0 unspecified atom stereocenters. The molecule has 7 aromatic rings. The van der Waals surface area contributed by atoms with Gasteiger partial charge >= 0.3 is 0 Å². The van der Waals surface area contributed by atoms with E-state index in [2.05, 4.69) is 176 Å². The summed E-state index contributed by atoms with van der Waals surface area (Å²) in [5.41, 5.74) is 17.7. The van der Waals surface area contributed by atoms with Crippen LogP contribution in [0.5, 0.6) is 0 Å². The second-order valence-corrected chi connectivity index (χ2v) is 13.8. The maximum absolute atomic E-state index is 3.96. The van der Waals surface area contributed by atoms with E-state index in [1.165, 1.54) is 72.0 Å². The number of aromatic nitrogens is 1. The molecule has 2 aliphatic carbocycles. The molecule has 0 aliphatic heterocycles. The molecular formula is C47H38N2. The predicted molar refractivity (Wildman–Crippen MR) is 208 cm³/mol. The Hall–Kier alpha value is -5.86. The highest BCUT2D eigenvalue weighted by molar-refractivity contribution is 6.11. The van der Waals surface area contributed by atoms with Gasteiger partial charge in [-0.3, -0.25) is 0 Å². The van der Waals surface area contributed by atoms with Crippen LogP contribution in [0.2, 0.25) is 0 Å². The van der Waals surface area contributed by atoms with E-state index in [0.717, 1.165) is 23.5 Å². The van der Waals surface area contributed by atoms with Gasteiger partial charge in [-0.05, 0) is 119 Å². The number of hydrogen-bond acceptors (Lipinski definition) is 1. The van der Waals surface area contributed by atoms with Crippen molar-refractivity contribution in [2.45, 2.75) is 32.6 Å². The van der Waals surface area contributed by atoms with Gasteiger partial charge in [0.25, 0.3) is 0 Å². The summed E-state index contributed by atoms with van der Waals surface area (Å²) >= 11 is 0. The third-order valence-corrected chi connectivity index (χ3v) is 10.7. The van der Waals surface area contributed by atoms with Gasteiger partial charge in [0.1, 0.15) is 0 Å². The van der Waals surface area contributed by atoms with Gasteiger partial charge in [0.15, 0.2) is 0 Å². The van der Waals surface area contributed by atoms with Crippen LogP contribution in [0.1, 0.15) is 43.0 Å². The maximum Gasteiger partial charge on any atom is 0.0544 e. The molecule has 9 rings (SSSR count). The van der Waals surface area contributed by atoms with Crippen molar-refractivity contribution in [1.82, 2.24) is 4.57 Å². The lowest BCUT2D eigenvalue weighted by Gasteiger charge is -2.29. The first-order chi connectivity index (χ1) is 24.0. The zero-order valence-corrected chi connectivity index (χ0v) is 28.2. The van der Waals surface area contributed by atoms with Gasteiger partial charge in [-0.1, -0.05) is 111 Å². The molecule has 0 saturated carbocycles. The number of nitrogens with zero attached hydrogens (tertiary/aromatic N) is 2. The fourth-order valence-corrected chi connectivity index (χ4v) is 8.36. The van der Waals surface area contributed by atoms with Gasteiger partial charge in [-0.2, -0.15) is 0 Å². The normalized spacial score (nSPS) is 14.2. The van der Waals surface area contributed by atoms with E-state index >= 15 is 0 Å². The molecular weight excluding hydrogens is 593 g/mol. The van der Waals surface area contributed by atoms with Crippen molar-refractivity contribution in [2.75, 3.05) is 4.90 Å². The summed E-state index contributed by atoms with van der Waals surface area (Å²) in [6.07, 6.45) is 9.18. The van der Waals surface area contributed by atoms with Crippen molar-refractivity contribution >= 4 is 33.2 Å². The average Bonchev–Trinajstić information content (AvgIpc) is 3.74. The van der Waals surface area contributed by atoms with Crippen LogP contribution in [0, 0.1) is 0 Å². The summed E-state index contributed by atoms with van der Waals surface area (Å²) in [6, 6.07) is 47.3. The smallest absolute Gasteiger partial charge is 0.0544 e. The van der Waals surface area contributed by atoms with E-state index in [1.54, 1.807) is 0 Å². The van der Waals surface area contributed by atoms with Gasteiger partial charge in [-0.25, -0.2) is 0 Å². The first-order valence-corrected chi connectivity index (χ1v) is 17.2. The quantitative estimate of drug-likeness (QED) is 0.166. The summed E-state index contributed by atoms with van der Waals surface area (Å²) < 4.78 is 2.42. The number of anilines is 2. The summed E-state index contributed by atoms with van der Waals surface area (Å²) in [5, 5.41) is 2.57. The Kier molecular flexibility index (Phi) is 6.64. The zero-order chi connectivity index (χ0) is 33.3. The fourth-order valence-electron chi connectivity index (χ4n) is 8.36. The van der Waals surface area contributed by atoms with Gasteiger partial charge in [0, 0.05) is 38.9 Å². The largest absolute Gasteiger partial charge is 0.311 e. The maximum atomic E-state index is 3.96. The summed E-state index contributed by atoms with van der Waals surface area (Å²) in [6.45, 7) is 10.8. The molecule has 6 aromatic carbocycles. The lowest BCUT2D eigenvalue weighted by Crippen LogP contribution is -2.18. The van der Waals surface area contributed by atoms with Crippen LogP contribution in [0.25, 0.3) is 49.7 Å². The Labute approximate surface area is 288 Å². The van der Waals surface area contributed by atoms with Crippen molar-refractivity contribution in [2.24, 2.45) is 0 Å². The fraction of sp³-hybridized carbons (Fsp3) is 0.106. The van der Waals surface area contributed by atoms with Crippen LogP contribution in [-0.4, -0.2) is 4.57 Å². The Morgan fingerprint density at radius 3 is 2.16 bits per heavy atom. The standard InChI is InChI=1S/C47H38N2/c1-5-7-16-33(6-2)48(35-22-24-38-32(27-35)26-31-15-11-12-19-37(31)38)36-23-25-39-41-29-42-40-20-13-14-21-45(40)49(34-17-9-8-10-18-34)46(42)30-44(41)47(3,4)43(39)28-36/h5-25,27-30H,1,26H2,2-4H3. The molecule has 2 aliphatic rings. The highest BCUT2D eigenvalue weighted by Gasteiger charge is 2.37. The molecule has 0 N–H and O–H groups in total. The minimum Gasteiger partial charge on any atom is -0.311 e. The van der Waals surface area contributed by atoms with Gasteiger partial charge in [-0.15, -0.1) is 0 Å². The lowest BCUT2D eigenvalue weighted by molar-refractivity contribution is 0.661. The van der Waals surface area contributed by atoms with Gasteiger partial charge < -0.3 is 9.47 Å². The molecule has 236 valence electrons. The number of allylic oxidation sites excluding steroid dienone is 4. The number of benzene rings is 6. The number of hydrogen-bond donors (Lipinski definition) is 0. The Morgan fingerprint density at radius 1 is 0.653 bits per heavy atom. The van der Waals surface area contributed by atoms with Gasteiger partial charge in [0.2, 0.25) is 0 Å². The topological polar surface area (TPSA) is 8.17 Å². The van der Waals surface area contributed by atoms with Crippen LogP contribution in [0.4, 0.5) is 11.4 Å². The Morgan fingerprint density at radius 2 is 1.35 bits per heavy atom. The van der Waals surface area contributed by atoms with Crippen molar-refractivity contribution in [3.63, 3.8) is 0 Å². The molecule has 0 spiro atoms. The van der Waals surface area contributed by atoms with Crippen LogP contribution < -0.4 is 4.90 Å². The summed E-state index contributed by atoms with van der Waals surface area (Å²) in [5.74, 6) is 0. The Balaban J connectivity index is 1.21. The van der Waals surface area contributed by atoms with Crippen molar-refractivity contribution in [1.29, 1.82) is 0 Å². The van der Waals surface area contributed by atoms with E-state index in [9.17, 15) is 0 Å². The minimum atomic E-state index is -0.189. The van der Waals surface area contributed by atoms with E-state index in [-0.39, 0.29) is 5.41 Å². The molecule has 0 radical (unpaired) electrons. The van der Waals surface area contributed by atoms with E-state index < -0.39 is 0 Å². The number of rotatable bonds is 6. The predicted octanol–water partition coefficient (Wildman–Crippen LogP) is 12.4. The summed E-state index contributed by atoms with van der Waals surface area (Å²) in [4.78, 5) is 2.40. The molecule has 2 heteroatoms. The van der Waals surface area contributed by atoms with Crippen molar-refractivity contribution in [3.8, 4) is 27.9 Å². The van der Waals surface area contributed by atoms with E-state index in [0.29, 0.717) is 0 Å². The monoisotopic (exact) mass is 630 g/mol. The van der Waals surface area contributed by atoms with E-state index in [1.807, 2.05) is 12.2 Å². The number of fused-ring (bicyclic) bond motifs is 9. The minimum absolute atomic E-state index is 0.189. The lowest BCUT2D eigenvalue weighted by atomic mass is 9.82. The average molecular weight is 631 g/mol. The van der Waals surface area contributed by atoms with Crippen molar-refractivity contribution in [3.05, 3.63) is 186 Å². The van der Waals surface area contributed by atoms with Crippen LogP contribution in [-0.2, 0) is 11.8 Å². The van der Waals surface area contributed by atoms with Crippen molar-refractivity contribution < 1.29 is 0 Å². The third kappa shape index (κ3) is 4.41. The second-order valence-electron chi connectivity index (χ2n) is 13.8. The molecule has 2 nitrogen and oxygen atoms in total. The molecule has 49 heavy (non-hydrogen) atoms. The summed E-state index contributed by atoms with van der Waals surface area (Å²) in [7, 11) is 0. The molecule has 0 saturated heterocycles. The first-order valence-electron chi connectivity index (χ1n) is 17.2. The highest BCUT2D eigenvalue weighted by atomic mass is 15.1. The molecule has 1 aromatic heterocycles. The molecule has 0 bridgehead atoms. The highest BCUT2D eigenvalue weighted by Crippen LogP contribution is 2.52. The molecule has 0 fully saturated rings. The van der Waals surface area contributed by atoms with Crippen LogP contribution in [0.15, 0.2) is 164 Å². The van der Waals surface area contributed by atoms with E-state index in [4.69, 9.17) is 0 Å². The molecule has 1 heterocycles. The van der Waals surface area contributed by atoms with Gasteiger partial charge in [0.05, 0.1) is 11.0 Å². The van der Waals surface area contributed by atoms with Crippen LogP contribution >= 0.6 is 0 Å². The van der Waals surface area contributed by atoms with Crippen LogP contribution in [0.3, 0.4) is 0 Å².